The van der Waals surface area contributed by atoms with Crippen LogP contribution in [0.4, 0.5) is 5.82 Å². The minimum atomic E-state index is -0.150. The maximum absolute atomic E-state index is 6.06. The van der Waals surface area contributed by atoms with E-state index in [0.717, 1.165) is 21.6 Å². The first-order chi connectivity index (χ1) is 8.32. The summed E-state index contributed by atoms with van der Waals surface area (Å²) in [5.74, 6) is 7.24. The second-order valence-corrected chi connectivity index (χ2v) is 6.12. The van der Waals surface area contributed by atoms with Crippen molar-refractivity contribution in [3.8, 4) is 11.3 Å². The van der Waals surface area contributed by atoms with E-state index in [1.165, 1.54) is 4.68 Å². The van der Waals surface area contributed by atoms with Crippen LogP contribution in [-0.4, -0.2) is 9.66 Å². The lowest BCUT2D eigenvalue weighted by molar-refractivity contribution is 0.532. The zero-order chi connectivity index (χ0) is 13.5. The van der Waals surface area contributed by atoms with E-state index < -0.39 is 0 Å². The number of nitrogen functional groups attached to an aromatic ring is 2. The first-order valence-electron chi connectivity index (χ1n) is 5.71. The third-order valence-corrected chi connectivity index (χ3v) is 3.44. The zero-order valence-corrected chi connectivity index (χ0v) is 12.3. The smallest absolute Gasteiger partial charge is 0.150 e. The van der Waals surface area contributed by atoms with E-state index >= 15 is 0 Å². The Morgan fingerprint density at radius 2 is 1.83 bits per heavy atom. The van der Waals surface area contributed by atoms with Gasteiger partial charge in [-0.25, -0.2) is 9.66 Å². The summed E-state index contributed by atoms with van der Waals surface area (Å²) < 4.78 is 2.42. The van der Waals surface area contributed by atoms with Gasteiger partial charge in [-0.05, 0) is 6.07 Å². The van der Waals surface area contributed by atoms with E-state index in [9.17, 15) is 0 Å². The minimum absolute atomic E-state index is 0.150. The van der Waals surface area contributed by atoms with Gasteiger partial charge in [-0.2, -0.15) is 0 Å². The van der Waals surface area contributed by atoms with E-state index in [1.54, 1.807) is 0 Å². The highest BCUT2D eigenvalue weighted by molar-refractivity contribution is 9.10. The number of nitrogens with zero attached hydrogens (tertiary/aromatic N) is 2. The number of imidazole rings is 1. The second-order valence-electron chi connectivity index (χ2n) is 5.27. The SMILES string of the molecule is CC(C)(C)c1nc(-c2ccccc2Br)c(N)n1N. The van der Waals surface area contributed by atoms with Crippen LogP contribution in [0.25, 0.3) is 11.3 Å². The number of aromatic nitrogens is 2. The fourth-order valence-corrected chi connectivity index (χ4v) is 2.30. The van der Waals surface area contributed by atoms with Crippen molar-refractivity contribution in [2.24, 2.45) is 0 Å². The van der Waals surface area contributed by atoms with Crippen LogP contribution in [0.5, 0.6) is 0 Å². The Bertz CT molecular complexity index is 581. The molecule has 0 aliphatic carbocycles. The average molecular weight is 309 g/mol. The molecule has 0 unspecified atom stereocenters. The van der Waals surface area contributed by atoms with Crippen LogP contribution in [0.2, 0.25) is 0 Å². The maximum Gasteiger partial charge on any atom is 0.150 e. The van der Waals surface area contributed by atoms with Gasteiger partial charge in [0.2, 0.25) is 0 Å². The standard InChI is InChI=1S/C13H17BrN4/c1-13(2,3)12-17-10(11(15)18(12)16)8-6-4-5-7-9(8)14/h4-7H,15-16H2,1-3H3. The molecule has 0 aliphatic heterocycles. The lowest BCUT2D eigenvalue weighted by atomic mass is 9.96. The Hall–Kier alpha value is -1.49. The predicted octanol–water partition coefficient (Wildman–Crippen LogP) is 2.91. The first kappa shape index (κ1) is 13.0. The highest BCUT2D eigenvalue weighted by atomic mass is 79.9. The molecule has 0 bridgehead atoms. The van der Waals surface area contributed by atoms with Gasteiger partial charge in [0.15, 0.2) is 5.82 Å². The summed E-state index contributed by atoms with van der Waals surface area (Å²) in [6, 6.07) is 7.83. The van der Waals surface area contributed by atoms with E-state index in [-0.39, 0.29) is 5.41 Å². The zero-order valence-electron chi connectivity index (χ0n) is 10.7. The Kier molecular flexibility index (Phi) is 3.11. The fraction of sp³-hybridized carbons (Fsp3) is 0.308. The van der Waals surface area contributed by atoms with Gasteiger partial charge in [0, 0.05) is 15.5 Å². The summed E-state index contributed by atoms with van der Waals surface area (Å²) in [4.78, 5) is 4.59. The van der Waals surface area contributed by atoms with Crippen LogP contribution >= 0.6 is 15.9 Å². The number of hydrogen-bond donors (Lipinski definition) is 2. The van der Waals surface area contributed by atoms with E-state index in [1.807, 2.05) is 24.3 Å². The fourth-order valence-electron chi connectivity index (χ4n) is 1.83. The summed E-state index contributed by atoms with van der Waals surface area (Å²) in [5.41, 5.74) is 7.57. The number of benzene rings is 1. The average Bonchev–Trinajstić information content (AvgIpc) is 2.57. The van der Waals surface area contributed by atoms with Crippen LogP contribution in [0.3, 0.4) is 0 Å². The van der Waals surface area contributed by atoms with Gasteiger partial charge < -0.3 is 11.6 Å². The monoisotopic (exact) mass is 308 g/mol. The first-order valence-corrected chi connectivity index (χ1v) is 6.50. The molecule has 0 amide bonds. The van der Waals surface area contributed by atoms with Crippen molar-refractivity contribution in [1.82, 2.24) is 9.66 Å². The molecule has 18 heavy (non-hydrogen) atoms. The van der Waals surface area contributed by atoms with Crippen molar-refractivity contribution in [2.45, 2.75) is 26.2 Å². The highest BCUT2D eigenvalue weighted by Gasteiger charge is 2.25. The molecule has 2 aromatic rings. The molecule has 96 valence electrons. The Morgan fingerprint density at radius 1 is 1.22 bits per heavy atom. The van der Waals surface area contributed by atoms with Crippen LogP contribution in [0.1, 0.15) is 26.6 Å². The number of rotatable bonds is 1. The van der Waals surface area contributed by atoms with E-state index in [0.29, 0.717) is 5.82 Å². The third-order valence-electron chi connectivity index (χ3n) is 2.75. The third kappa shape index (κ3) is 2.10. The van der Waals surface area contributed by atoms with Gasteiger partial charge in [-0.1, -0.05) is 54.9 Å². The largest absolute Gasteiger partial charge is 0.382 e. The van der Waals surface area contributed by atoms with E-state index in [4.69, 9.17) is 11.6 Å². The Morgan fingerprint density at radius 3 is 2.33 bits per heavy atom. The van der Waals surface area contributed by atoms with Crippen molar-refractivity contribution in [3.05, 3.63) is 34.6 Å². The van der Waals surface area contributed by atoms with Gasteiger partial charge >= 0.3 is 0 Å². The molecular weight excluding hydrogens is 292 g/mol. The van der Waals surface area contributed by atoms with Crippen LogP contribution in [-0.2, 0) is 5.41 Å². The molecule has 1 aromatic carbocycles. The topological polar surface area (TPSA) is 69.9 Å². The van der Waals surface area contributed by atoms with Gasteiger partial charge in [0.1, 0.15) is 11.5 Å². The number of hydrogen-bond acceptors (Lipinski definition) is 3. The maximum atomic E-state index is 6.06. The normalized spacial score (nSPS) is 11.8. The molecule has 0 radical (unpaired) electrons. The van der Waals surface area contributed by atoms with Crippen molar-refractivity contribution in [2.75, 3.05) is 11.6 Å². The van der Waals surface area contributed by atoms with Crippen molar-refractivity contribution in [3.63, 3.8) is 0 Å². The summed E-state index contributed by atoms with van der Waals surface area (Å²) in [6.45, 7) is 6.17. The van der Waals surface area contributed by atoms with Crippen LogP contribution in [0.15, 0.2) is 28.7 Å². The van der Waals surface area contributed by atoms with E-state index in [2.05, 4.69) is 41.7 Å². The van der Waals surface area contributed by atoms with Gasteiger partial charge in [0.05, 0.1) is 0 Å². The summed E-state index contributed by atoms with van der Waals surface area (Å²) in [5, 5.41) is 0. The molecule has 4 nitrogen and oxygen atoms in total. The molecule has 5 heteroatoms. The highest BCUT2D eigenvalue weighted by Crippen LogP contribution is 2.33. The molecule has 0 fully saturated rings. The van der Waals surface area contributed by atoms with Crippen molar-refractivity contribution >= 4 is 21.7 Å². The molecule has 0 aliphatic rings. The lowest BCUT2D eigenvalue weighted by Crippen LogP contribution is -2.24. The molecule has 0 saturated heterocycles. The Labute approximate surface area is 115 Å². The van der Waals surface area contributed by atoms with Gasteiger partial charge in [-0.15, -0.1) is 0 Å². The molecule has 4 N–H and O–H groups in total. The number of halogens is 1. The summed E-state index contributed by atoms with van der Waals surface area (Å²) in [6.07, 6.45) is 0. The number of nitrogens with two attached hydrogens (primary N) is 2. The molecule has 1 heterocycles. The Balaban J connectivity index is 2.65. The van der Waals surface area contributed by atoms with Gasteiger partial charge in [0.25, 0.3) is 0 Å². The van der Waals surface area contributed by atoms with Crippen LogP contribution < -0.4 is 11.6 Å². The van der Waals surface area contributed by atoms with Gasteiger partial charge in [-0.3, -0.25) is 0 Å². The van der Waals surface area contributed by atoms with Crippen molar-refractivity contribution < 1.29 is 0 Å². The van der Waals surface area contributed by atoms with Crippen molar-refractivity contribution in [1.29, 1.82) is 0 Å². The summed E-state index contributed by atoms with van der Waals surface area (Å²) >= 11 is 3.51. The molecule has 2 rings (SSSR count). The lowest BCUT2D eigenvalue weighted by Gasteiger charge is -2.17. The number of anilines is 1. The molecule has 1 aromatic heterocycles. The minimum Gasteiger partial charge on any atom is -0.382 e. The molecule has 0 atom stereocenters. The predicted molar refractivity (Wildman–Crippen MR) is 78.6 cm³/mol. The molecular formula is C13H17BrN4. The second kappa shape index (κ2) is 4.31. The molecule has 0 spiro atoms. The van der Waals surface area contributed by atoms with Crippen LogP contribution in [0, 0.1) is 0 Å². The molecule has 0 saturated carbocycles. The quantitative estimate of drug-likeness (QED) is 0.796. The summed E-state index contributed by atoms with van der Waals surface area (Å²) in [7, 11) is 0.